The Morgan fingerprint density at radius 2 is 1.80 bits per heavy atom. The Balaban J connectivity index is 1.87. The summed E-state index contributed by atoms with van der Waals surface area (Å²) in [5, 5.41) is 0. The molecule has 0 saturated heterocycles. The van der Waals surface area contributed by atoms with Gasteiger partial charge in [-0.05, 0) is 12.1 Å². The number of aromatic nitrogens is 1. The Kier molecular flexibility index (Phi) is 2.71. The average molecular weight is 270 g/mol. The zero-order chi connectivity index (χ0) is 14.3. The number of ketones is 1. The van der Waals surface area contributed by atoms with Crippen molar-refractivity contribution in [1.29, 1.82) is 0 Å². The fraction of sp³-hybridized carbons (Fsp3) is 0.143. The molecule has 0 radical (unpaired) electrons. The normalized spacial score (nSPS) is 13.8. The topological polar surface area (TPSA) is 80.5 Å². The number of hydrogen-bond acceptors (Lipinski definition) is 5. The van der Waals surface area contributed by atoms with Gasteiger partial charge in [0.2, 0.25) is 5.78 Å². The van der Waals surface area contributed by atoms with Crippen molar-refractivity contribution in [2.45, 2.75) is 13.5 Å². The lowest BCUT2D eigenvalue weighted by atomic mass is 10.1. The highest BCUT2D eigenvalue weighted by Crippen LogP contribution is 2.24. The van der Waals surface area contributed by atoms with Crippen LogP contribution in [0.5, 0.6) is 0 Å². The molecule has 0 N–H and O–H groups in total. The van der Waals surface area contributed by atoms with Crippen LogP contribution >= 0.6 is 0 Å². The van der Waals surface area contributed by atoms with Gasteiger partial charge in [-0.2, -0.15) is 0 Å². The molecule has 1 aromatic heterocycles. The van der Waals surface area contributed by atoms with Crippen molar-refractivity contribution in [3.05, 3.63) is 53.2 Å². The molecule has 1 aliphatic rings. The summed E-state index contributed by atoms with van der Waals surface area (Å²) in [5.74, 6) is -0.780. The van der Waals surface area contributed by atoms with Gasteiger partial charge in [0.15, 0.2) is 0 Å². The van der Waals surface area contributed by atoms with Crippen LogP contribution < -0.4 is 0 Å². The number of Topliss-reactive ketones (excluding diaryl/α,β-unsaturated/α-hetero) is 1. The third kappa shape index (κ3) is 1.82. The van der Waals surface area contributed by atoms with E-state index in [-0.39, 0.29) is 30.0 Å². The molecule has 0 aliphatic carbocycles. The number of oxazole rings is 1. The van der Waals surface area contributed by atoms with Gasteiger partial charge in [0.05, 0.1) is 23.9 Å². The van der Waals surface area contributed by atoms with Gasteiger partial charge in [-0.1, -0.05) is 12.1 Å². The van der Waals surface area contributed by atoms with Gasteiger partial charge >= 0.3 is 0 Å². The molecular formula is C14H10N2O4. The van der Waals surface area contributed by atoms with Crippen LogP contribution in [-0.2, 0) is 6.54 Å². The van der Waals surface area contributed by atoms with Crippen molar-refractivity contribution in [2.75, 3.05) is 0 Å². The first-order valence-corrected chi connectivity index (χ1v) is 5.99. The van der Waals surface area contributed by atoms with E-state index in [0.717, 1.165) is 4.90 Å². The Hall–Kier alpha value is -2.76. The minimum Gasteiger partial charge on any atom is -0.437 e. The fourth-order valence-corrected chi connectivity index (χ4v) is 2.08. The number of carbonyl (C=O) groups excluding carboxylic acids is 3. The summed E-state index contributed by atoms with van der Waals surface area (Å²) >= 11 is 0. The lowest BCUT2D eigenvalue weighted by molar-refractivity contribution is 0.0631. The molecule has 20 heavy (non-hydrogen) atoms. The first kappa shape index (κ1) is 12.3. The van der Waals surface area contributed by atoms with Crippen LogP contribution in [0, 0.1) is 0 Å². The summed E-state index contributed by atoms with van der Waals surface area (Å²) < 4.78 is 5.20. The van der Waals surface area contributed by atoms with Crippen LogP contribution in [0.25, 0.3) is 0 Å². The fourth-order valence-electron chi connectivity index (χ4n) is 2.08. The molecule has 3 rings (SSSR count). The molecule has 0 spiro atoms. The maximum absolute atomic E-state index is 12.1. The quantitative estimate of drug-likeness (QED) is 0.626. The summed E-state index contributed by atoms with van der Waals surface area (Å²) in [6.45, 7) is 1.30. The second-order valence-electron chi connectivity index (χ2n) is 4.43. The summed E-state index contributed by atoms with van der Waals surface area (Å²) in [7, 11) is 0. The van der Waals surface area contributed by atoms with E-state index in [2.05, 4.69) is 4.98 Å². The second kappa shape index (κ2) is 4.41. The molecular weight excluding hydrogens is 260 g/mol. The van der Waals surface area contributed by atoms with Crippen LogP contribution in [0.1, 0.15) is 44.1 Å². The maximum Gasteiger partial charge on any atom is 0.263 e. The van der Waals surface area contributed by atoms with Gasteiger partial charge in [0, 0.05) is 6.92 Å². The minimum atomic E-state index is -0.369. The maximum atomic E-state index is 12.1. The van der Waals surface area contributed by atoms with E-state index >= 15 is 0 Å². The SMILES string of the molecule is CC(=O)c1ncc(CN2C(=O)c3ccccc3C2=O)o1. The van der Waals surface area contributed by atoms with E-state index in [1.807, 2.05) is 0 Å². The average Bonchev–Trinajstić information content (AvgIpc) is 3.00. The Bertz CT molecular complexity index is 697. The molecule has 0 saturated carbocycles. The number of rotatable bonds is 3. The second-order valence-corrected chi connectivity index (χ2v) is 4.43. The van der Waals surface area contributed by atoms with Gasteiger partial charge in [0.1, 0.15) is 5.76 Å². The lowest BCUT2D eigenvalue weighted by Crippen LogP contribution is -2.28. The highest BCUT2D eigenvalue weighted by molar-refractivity contribution is 6.21. The van der Waals surface area contributed by atoms with E-state index in [4.69, 9.17) is 4.42 Å². The van der Waals surface area contributed by atoms with Gasteiger partial charge in [-0.15, -0.1) is 0 Å². The van der Waals surface area contributed by atoms with E-state index in [9.17, 15) is 14.4 Å². The Morgan fingerprint density at radius 1 is 1.20 bits per heavy atom. The molecule has 1 aromatic carbocycles. The largest absolute Gasteiger partial charge is 0.437 e. The van der Waals surface area contributed by atoms with E-state index in [0.29, 0.717) is 16.9 Å². The van der Waals surface area contributed by atoms with E-state index in [1.54, 1.807) is 24.3 Å². The number of imide groups is 1. The molecule has 0 bridgehead atoms. The Labute approximate surface area is 114 Å². The number of amides is 2. The van der Waals surface area contributed by atoms with Gasteiger partial charge in [-0.25, -0.2) is 4.98 Å². The van der Waals surface area contributed by atoms with Crippen molar-refractivity contribution in [3.8, 4) is 0 Å². The molecule has 0 fully saturated rings. The van der Waals surface area contributed by atoms with Crippen LogP contribution in [0.15, 0.2) is 34.9 Å². The molecule has 0 unspecified atom stereocenters. The summed E-state index contributed by atoms with van der Waals surface area (Å²) in [6, 6.07) is 6.62. The smallest absolute Gasteiger partial charge is 0.263 e. The van der Waals surface area contributed by atoms with Crippen molar-refractivity contribution in [2.24, 2.45) is 0 Å². The minimum absolute atomic E-state index is 0.0309. The van der Waals surface area contributed by atoms with Crippen molar-refractivity contribution in [1.82, 2.24) is 9.88 Å². The van der Waals surface area contributed by atoms with Gasteiger partial charge in [0.25, 0.3) is 17.7 Å². The summed E-state index contributed by atoms with van der Waals surface area (Å²) in [4.78, 5) is 40.2. The number of fused-ring (bicyclic) bond motifs is 1. The molecule has 0 atom stereocenters. The number of carbonyl (C=O) groups is 3. The van der Waals surface area contributed by atoms with E-state index in [1.165, 1.54) is 13.1 Å². The molecule has 1 aliphatic heterocycles. The standard InChI is InChI=1S/C14H10N2O4/c1-8(17)12-15-6-9(20-12)7-16-13(18)10-4-2-3-5-11(10)14(16)19/h2-6H,7H2,1H3. The van der Waals surface area contributed by atoms with Crippen LogP contribution in [0.2, 0.25) is 0 Å². The van der Waals surface area contributed by atoms with Gasteiger partial charge < -0.3 is 4.42 Å². The van der Waals surface area contributed by atoms with Crippen LogP contribution in [0.4, 0.5) is 0 Å². The summed E-state index contributed by atoms with van der Waals surface area (Å²) in [6.07, 6.45) is 1.35. The molecule has 100 valence electrons. The third-order valence-corrected chi connectivity index (χ3v) is 3.05. The number of hydrogen-bond donors (Lipinski definition) is 0. The first-order valence-electron chi connectivity index (χ1n) is 5.99. The molecule has 2 aromatic rings. The molecule has 2 heterocycles. The van der Waals surface area contributed by atoms with Crippen LogP contribution in [0.3, 0.4) is 0 Å². The first-order chi connectivity index (χ1) is 9.58. The predicted octanol–water partition coefficient (Wildman–Crippen LogP) is 1.67. The molecule has 6 nitrogen and oxygen atoms in total. The van der Waals surface area contributed by atoms with Crippen molar-refractivity contribution < 1.29 is 18.8 Å². The molecule has 2 amide bonds. The van der Waals surface area contributed by atoms with Crippen molar-refractivity contribution >= 4 is 17.6 Å². The van der Waals surface area contributed by atoms with E-state index < -0.39 is 0 Å². The lowest BCUT2D eigenvalue weighted by Gasteiger charge is -2.10. The molecule has 6 heteroatoms. The summed E-state index contributed by atoms with van der Waals surface area (Å²) in [5.41, 5.74) is 0.757. The highest BCUT2D eigenvalue weighted by Gasteiger charge is 2.35. The van der Waals surface area contributed by atoms with Crippen LogP contribution in [-0.4, -0.2) is 27.5 Å². The Morgan fingerprint density at radius 3 is 2.30 bits per heavy atom. The highest BCUT2D eigenvalue weighted by atomic mass is 16.4. The zero-order valence-electron chi connectivity index (χ0n) is 10.6. The zero-order valence-corrected chi connectivity index (χ0v) is 10.6. The van der Waals surface area contributed by atoms with Gasteiger partial charge in [-0.3, -0.25) is 19.3 Å². The predicted molar refractivity (Wildman–Crippen MR) is 67.2 cm³/mol. The van der Waals surface area contributed by atoms with Crippen molar-refractivity contribution in [3.63, 3.8) is 0 Å². The number of benzene rings is 1. The third-order valence-electron chi connectivity index (χ3n) is 3.05. The monoisotopic (exact) mass is 270 g/mol. The number of nitrogens with zero attached hydrogens (tertiary/aromatic N) is 2.